The normalized spacial score (nSPS) is 12.2. The van der Waals surface area contributed by atoms with Crippen LogP contribution in [0.1, 0.15) is 5.56 Å². The summed E-state index contributed by atoms with van der Waals surface area (Å²) in [5.41, 5.74) is 6.39. The SMILES string of the molecule is CS(=O)(=O)c1ccc(CN=C(N)Nc2ccccc2OC(F)(F)F)cc1.I. The van der Waals surface area contributed by atoms with E-state index in [1.807, 2.05) is 0 Å². The van der Waals surface area contributed by atoms with Crippen molar-refractivity contribution in [2.24, 2.45) is 10.7 Å². The highest BCUT2D eigenvalue weighted by atomic mass is 127. The van der Waals surface area contributed by atoms with Gasteiger partial charge >= 0.3 is 6.36 Å². The lowest BCUT2D eigenvalue weighted by Gasteiger charge is -2.14. The van der Waals surface area contributed by atoms with Crippen molar-refractivity contribution in [2.45, 2.75) is 17.8 Å². The minimum Gasteiger partial charge on any atom is -0.404 e. The molecule has 2 aromatic rings. The van der Waals surface area contributed by atoms with Crippen LogP contribution in [0.3, 0.4) is 0 Å². The Labute approximate surface area is 171 Å². The van der Waals surface area contributed by atoms with Gasteiger partial charge in [0.2, 0.25) is 0 Å². The highest BCUT2D eigenvalue weighted by Crippen LogP contribution is 2.29. The second kappa shape index (κ2) is 9.26. The van der Waals surface area contributed by atoms with Crippen LogP contribution in [0.15, 0.2) is 58.4 Å². The molecule has 0 aliphatic heterocycles. The summed E-state index contributed by atoms with van der Waals surface area (Å²) in [6.07, 6.45) is -3.73. The van der Waals surface area contributed by atoms with Gasteiger partial charge in [-0.1, -0.05) is 24.3 Å². The van der Waals surface area contributed by atoms with Crippen molar-refractivity contribution in [1.29, 1.82) is 0 Å². The summed E-state index contributed by atoms with van der Waals surface area (Å²) < 4.78 is 63.9. The standard InChI is InChI=1S/C16H16F3N3O3S.HI/c1-26(23,24)12-8-6-11(7-9-12)10-21-15(20)22-13-4-2-3-5-14(13)25-16(17,18)19;/h2-9H,10H2,1H3,(H3,20,21,22);1H. The summed E-state index contributed by atoms with van der Waals surface area (Å²) >= 11 is 0. The molecule has 11 heteroatoms. The zero-order valence-corrected chi connectivity index (χ0v) is 17.2. The molecular weight excluding hydrogens is 498 g/mol. The number of rotatable bonds is 5. The van der Waals surface area contributed by atoms with Gasteiger partial charge < -0.3 is 15.8 Å². The molecule has 2 aromatic carbocycles. The first-order valence-electron chi connectivity index (χ1n) is 7.25. The molecule has 3 N–H and O–H groups in total. The average molecular weight is 515 g/mol. The minimum atomic E-state index is -4.83. The topological polar surface area (TPSA) is 93.8 Å². The molecule has 0 spiro atoms. The average Bonchev–Trinajstić information content (AvgIpc) is 2.53. The lowest BCUT2D eigenvalue weighted by molar-refractivity contribution is -0.274. The number of nitrogens with zero attached hydrogens (tertiary/aromatic N) is 1. The van der Waals surface area contributed by atoms with E-state index in [1.165, 1.54) is 30.3 Å². The Balaban J connectivity index is 0.00000364. The van der Waals surface area contributed by atoms with E-state index >= 15 is 0 Å². The fraction of sp³-hybridized carbons (Fsp3) is 0.188. The first-order chi connectivity index (χ1) is 12.0. The van der Waals surface area contributed by atoms with Crippen LogP contribution in [0.5, 0.6) is 5.75 Å². The van der Waals surface area contributed by atoms with Gasteiger partial charge in [0.05, 0.1) is 17.1 Å². The third kappa shape index (κ3) is 7.62. The predicted octanol–water partition coefficient (Wildman–Crippen LogP) is 3.53. The highest BCUT2D eigenvalue weighted by Gasteiger charge is 2.32. The smallest absolute Gasteiger partial charge is 0.404 e. The molecule has 0 amide bonds. The summed E-state index contributed by atoms with van der Waals surface area (Å²) in [6, 6.07) is 11.5. The predicted molar refractivity (Wildman–Crippen MR) is 107 cm³/mol. The van der Waals surface area contributed by atoms with Crippen LogP contribution in [-0.4, -0.2) is 27.0 Å². The van der Waals surface area contributed by atoms with Gasteiger partial charge in [0.1, 0.15) is 0 Å². The molecule has 0 aromatic heterocycles. The number of halogens is 4. The minimum absolute atomic E-state index is 0. The van der Waals surface area contributed by atoms with Gasteiger partial charge in [-0.3, -0.25) is 0 Å². The van der Waals surface area contributed by atoms with Crippen molar-refractivity contribution in [1.82, 2.24) is 0 Å². The van der Waals surface area contributed by atoms with Crippen LogP contribution >= 0.6 is 24.0 Å². The maximum absolute atomic E-state index is 12.4. The van der Waals surface area contributed by atoms with E-state index in [1.54, 1.807) is 12.1 Å². The fourth-order valence-corrected chi connectivity index (χ4v) is 2.61. The van der Waals surface area contributed by atoms with Crippen molar-refractivity contribution < 1.29 is 26.3 Å². The van der Waals surface area contributed by atoms with E-state index < -0.39 is 21.9 Å². The number of guanidine groups is 1. The van der Waals surface area contributed by atoms with E-state index in [0.717, 1.165) is 12.3 Å². The quantitative estimate of drug-likeness (QED) is 0.361. The van der Waals surface area contributed by atoms with Crippen LogP contribution in [0.25, 0.3) is 0 Å². The molecule has 0 heterocycles. The van der Waals surface area contributed by atoms with Gasteiger partial charge in [-0.05, 0) is 29.8 Å². The molecule has 0 aliphatic carbocycles. The van der Waals surface area contributed by atoms with Crippen molar-refractivity contribution in [3.63, 3.8) is 0 Å². The van der Waals surface area contributed by atoms with E-state index in [2.05, 4.69) is 15.0 Å². The van der Waals surface area contributed by atoms with Gasteiger partial charge in [0.15, 0.2) is 21.5 Å². The Morgan fingerprint density at radius 2 is 1.74 bits per heavy atom. The second-order valence-corrected chi connectivity index (χ2v) is 7.30. The number of anilines is 1. The van der Waals surface area contributed by atoms with Crippen LogP contribution in [0.2, 0.25) is 0 Å². The Morgan fingerprint density at radius 1 is 1.15 bits per heavy atom. The molecule has 6 nitrogen and oxygen atoms in total. The van der Waals surface area contributed by atoms with Crippen LogP contribution in [-0.2, 0) is 16.4 Å². The molecule has 0 fully saturated rings. The van der Waals surface area contributed by atoms with E-state index in [9.17, 15) is 21.6 Å². The molecule has 0 saturated heterocycles. The van der Waals surface area contributed by atoms with Crippen LogP contribution < -0.4 is 15.8 Å². The number of para-hydroxylation sites is 2. The van der Waals surface area contributed by atoms with Gasteiger partial charge in [0.25, 0.3) is 0 Å². The maximum atomic E-state index is 12.4. The number of benzene rings is 2. The van der Waals surface area contributed by atoms with Crippen LogP contribution in [0, 0.1) is 0 Å². The first-order valence-corrected chi connectivity index (χ1v) is 9.14. The molecule has 0 atom stereocenters. The van der Waals surface area contributed by atoms with Crippen LogP contribution in [0.4, 0.5) is 18.9 Å². The summed E-state index contributed by atoms with van der Waals surface area (Å²) in [4.78, 5) is 4.19. The lowest BCUT2D eigenvalue weighted by Crippen LogP contribution is -2.24. The molecule has 2 rings (SSSR count). The van der Waals surface area contributed by atoms with Crippen molar-refractivity contribution in [2.75, 3.05) is 11.6 Å². The lowest BCUT2D eigenvalue weighted by atomic mass is 10.2. The van der Waals surface area contributed by atoms with E-state index in [4.69, 9.17) is 5.73 Å². The van der Waals surface area contributed by atoms with E-state index in [0.29, 0.717) is 5.56 Å². The number of aliphatic imine (C=N–C) groups is 1. The Bertz CT molecular complexity index is 901. The fourth-order valence-electron chi connectivity index (χ4n) is 1.98. The summed E-state index contributed by atoms with van der Waals surface area (Å²) in [5.74, 6) is -0.550. The second-order valence-electron chi connectivity index (χ2n) is 5.29. The summed E-state index contributed by atoms with van der Waals surface area (Å²) in [5, 5.41) is 2.55. The van der Waals surface area contributed by atoms with Gasteiger partial charge in [-0.15, -0.1) is 37.1 Å². The number of hydrogen-bond acceptors (Lipinski definition) is 4. The molecule has 27 heavy (non-hydrogen) atoms. The largest absolute Gasteiger partial charge is 0.573 e. The van der Waals surface area contributed by atoms with Crippen molar-refractivity contribution >= 4 is 45.5 Å². The first kappa shape index (κ1) is 23.0. The third-order valence-electron chi connectivity index (χ3n) is 3.16. The molecule has 0 bridgehead atoms. The number of nitrogens with one attached hydrogen (secondary N) is 1. The molecule has 0 saturated carbocycles. The number of ether oxygens (including phenoxy) is 1. The zero-order chi connectivity index (χ0) is 19.4. The Hall–Kier alpha value is -2.02. The highest BCUT2D eigenvalue weighted by molar-refractivity contribution is 14.0. The molecule has 0 unspecified atom stereocenters. The molecule has 148 valence electrons. The van der Waals surface area contributed by atoms with Crippen molar-refractivity contribution in [3.05, 3.63) is 54.1 Å². The summed E-state index contributed by atoms with van der Waals surface area (Å²) in [6.45, 7) is 0.116. The Morgan fingerprint density at radius 3 is 2.30 bits per heavy atom. The number of alkyl halides is 3. The summed E-state index contributed by atoms with van der Waals surface area (Å²) in [7, 11) is -3.29. The number of nitrogens with two attached hydrogens (primary N) is 1. The van der Waals surface area contributed by atoms with Crippen molar-refractivity contribution in [3.8, 4) is 5.75 Å². The number of hydrogen-bond donors (Lipinski definition) is 2. The van der Waals surface area contributed by atoms with Gasteiger partial charge in [0, 0.05) is 6.26 Å². The molecular formula is C16H17F3IN3O3S. The maximum Gasteiger partial charge on any atom is 0.573 e. The monoisotopic (exact) mass is 515 g/mol. The third-order valence-corrected chi connectivity index (χ3v) is 4.29. The van der Waals surface area contributed by atoms with Gasteiger partial charge in [-0.2, -0.15) is 0 Å². The van der Waals surface area contributed by atoms with E-state index in [-0.39, 0.29) is 47.1 Å². The van der Waals surface area contributed by atoms with Gasteiger partial charge in [-0.25, -0.2) is 13.4 Å². The zero-order valence-electron chi connectivity index (χ0n) is 14.0. The molecule has 0 aliphatic rings. The molecule has 0 radical (unpaired) electrons. The number of sulfone groups is 1. The Kier molecular flexibility index (Phi) is 7.90.